The molecule has 10 heteroatoms. The van der Waals surface area contributed by atoms with Crippen LogP contribution in [0.4, 0.5) is 5.69 Å². The van der Waals surface area contributed by atoms with Gasteiger partial charge in [-0.1, -0.05) is 43.2 Å². The van der Waals surface area contributed by atoms with Crippen LogP contribution >= 0.6 is 0 Å². The van der Waals surface area contributed by atoms with Gasteiger partial charge in [-0.2, -0.15) is 0 Å². The number of hydrogen-bond acceptors (Lipinski definition) is 6. The van der Waals surface area contributed by atoms with E-state index in [1.165, 1.54) is 0 Å². The van der Waals surface area contributed by atoms with Gasteiger partial charge in [0.25, 0.3) is 5.69 Å². The minimum atomic E-state index is -3.96. The summed E-state index contributed by atoms with van der Waals surface area (Å²) in [5, 5.41) is 24.4. The van der Waals surface area contributed by atoms with Crippen molar-refractivity contribution in [2.75, 3.05) is 6.54 Å². The van der Waals surface area contributed by atoms with Gasteiger partial charge in [-0.3, -0.25) is 14.9 Å². The third-order valence-electron chi connectivity index (χ3n) is 5.82. The van der Waals surface area contributed by atoms with Crippen molar-refractivity contribution in [2.45, 2.75) is 55.6 Å². The Morgan fingerprint density at radius 1 is 1.09 bits per heavy atom. The highest BCUT2D eigenvalue weighted by Gasteiger charge is 2.27. The molecule has 0 bridgehead atoms. The van der Waals surface area contributed by atoms with Crippen LogP contribution in [0.3, 0.4) is 0 Å². The first-order valence-electron chi connectivity index (χ1n) is 11.0. The van der Waals surface area contributed by atoms with Crippen molar-refractivity contribution >= 4 is 21.6 Å². The maximum absolute atomic E-state index is 12.9. The molecule has 1 aliphatic carbocycles. The zero-order chi connectivity index (χ0) is 23.8. The molecule has 1 fully saturated rings. The van der Waals surface area contributed by atoms with E-state index in [4.69, 9.17) is 0 Å². The van der Waals surface area contributed by atoms with Crippen molar-refractivity contribution in [3.8, 4) is 0 Å². The molecule has 3 N–H and O–H groups in total. The molecule has 3 rings (SSSR count). The number of sulfonamides is 1. The molecule has 0 aromatic heterocycles. The lowest BCUT2D eigenvalue weighted by Gasteiger charge is -2.22. The quantitative estimate of drug-likeness (QED) is 0.337. The molecule has 2 aromatic carbocycles. The molecule has 1 aliphatic rings. The Hall–Kier alpha value is -2.82. The summed E-state index contributed by atoms with van der Waals surface area (Å²) in [7, 11) is -3.96. The molecule has 1 saturated carbocycles. The Morgan fingerprint density at radius 3 is 2.33 bits per heavy atom. The second-order valence-electron chi connectivity index (χ2n) is 8.37. The lowest BCUT2D eigenvalue weighted by molar-refractivity contribution is -0.384. The fraction of sp³-hybridized carbons (Fsp3) is 0.435. The Bertz CT molecular complexity index is 1040. The first kappa shape index (κ1) is 24.8. The Labute approximate surface area is 193 Å². The topological polar surface area (TPSA) is 139 Å². The number of nitrogens with zero attached hydrogens (tertiary/aromatic N) is 1. The maximum Gasteiger partial charge on any atom is 0.269 e. The van der Waals surface area contributed by atoms with Gasteiger partial charge in [0.15, 0.2) is 0 Å². The number of aliphatic hydroxyl groups excluding tert-OH is 1. The SMILES string of the molecule is O=C(NC1CCCC1)[C@@H](Cc1ccccc1)C[C@H](O)CNS(=O)(=O)c1ccc([N+](=O)[O-])cc1. The van der Waals surface area contributed by atoms with Crippen LogP contribution in [-0.2, 0) is 21.2 Å². The van der Waals surface area contributed by atoms with Crippen LogP contribution in [0, 0.1) is 16.0 Å². The second kappa shape index (κ2) is 11.4. The zero-order valence-electron chi connectivity index (χ0n) is 18.2. The number of amides is 1. The van der Waals surface area contributed by atoms with E-state index in [1.54, 1.807) is 0 Å². The van der Waals surface area contributed by atoms with E-state index < -0.39 is 27.0 Å². The van der Waals surface area contributed by atoms with Crippen molar-refractivity contribution in [3.05, 3.63) is 70.3 Å². The summed E-state index contributed by atoms with van der Waals surface area (Å²) in [6.07, 6.45) is 3.51. The molecule has 2 atom stereocenters. The van der Waals surface area contributed by atoms with Crippen molar-refractivity contribution in [2.24, 2.45) is 5.92 Å². The summed E-state index contributed by atoms with van der Waals surface area (Å²) in [6, 6.07) is 14.1. The normalized spacial score (nSPS) is 16.3. The van der Waals surface area contributed by atoms with Crippen LogP contribution in [0.5, 0.6) is 0 Å². The Balaban J connectivity index is 1.62. The average Bonchev–Trinajstić information content (AvgIpc) is 3.31. The van der Waals surface area contributed by atoms with Crippen LogP contribution in [0.1, 0.15) is 37.7 Å². The second-order valence-corrected chi connectivity index (χ2v) is 10.1. The minimum Gasteiger partial charge on any atom is -0.392 e. The minimum absolute atomic E-state index is 0.0935. The van der Waals surface area contributed by atoms with Gasteiger partial charge in [0.2, 0.25) is 15.9 Å². The van der Waals surface area contributed by atoms with Gasteiger partial charge in [0.1, 0.15) is 0 Å². The molecular formula is C23H29N3O6S. The molecule has 178 valence electrons. The fourth-order valence-corrected chi connectivity index (χ4v) is 5.09. The van der Waals surface area contributed by atoms with Gasteiger partial charge < -0.3 is 10.4 Å². The molecule has 0 saturated heterocycles. The molecule has 33 heavy (non-hydrogen) atoms. The van der Waals surface area contributed by atoms with Gasteiger partial charge in [-0.15, -0.1) is 0 Å². The van der Waals surface area contributed by atoms with Crippen molar-refractivity contribution in [1.29, 1.82) is 0 Å². The Kier molecular flexibility index (Phi) is 8.54. The molecule has 0 aliphatic heterocycles. The summed E-state index contributed by atoms with van der Waals surface area (Å²) in [5.74, 6) is -0.644. The van der Waals surface area contributed by atoms with Gasteiger partial charge in [-0.05, 0) is 43.4 Å². The number of benzene rings is 2. The molecule has 2 aromatic rings. The summed E-state index contributed by atoms with van der Waals surface area (Å²) < 4.78 is 27.3. The van der Waals surface area contributed by atoms with Crippen LogP contribution in [0.15, 0.2) is 59.5 Å². The maximum atomic E-state index is 12.9. The first-order valence-corrected chi connectivity index (χ1v) is 12.5. The number of hydrogen-bond donors (Lipinski definition) is 3. The molecule has 0 unspecified atom stereocenters. The number of aliphatic hydroxyl groups is 1. The standard InChI is InChI=1S/C23H29N3O6S/c27-21(16-24-33(31,32)22-12-10-20(11-13-22)26(29)30)15-18(14-17-6-2-1-3-7-17)23(28)25-19-8-4-5-9-19/h1-3,6-7,10-13,18-19,21,24,27H,4-5,8-9,14-16H2,(H,25,28)/t18-,21-/m0/s1. The number of rotatable bonds is 11. The highest BCUT2D eigenvalue weighted by Crippen LogP contribution is 2.21. The number of non-ortho nitro benzene ring substituents is 1. The number of carbonyl (C=O) groups excluding carboxylic acids is 1. The molecular weight excluding hydrogens is 446 g/mol. The smallest absolute Gasteiger partial charge is 0.269 e. The summed E-state index contributed by atoms with van der Waals surface area (Å²) in [6.45, 7) is -0.276. The summed E-state index contributed by atoms with van der Waals surface area (Å²) in [4.78, 5) is 22.9. The van der Waals surface area contributed by atoms with Crippen LogP contribution in [0.2, 0.25) is 0 Å². The third kappa shape index (κ3) is 7.34. The molecule has 0 heterocycles. The summed E-state index contributed by atoms with van der Waals surface area (Å²) in [5.41, 5.74) is 0.744. The molecule has 0 spiro atoms. The van der Waals surface area contributed by atoms with E-state index in [1.807, 2.05) is 30.3 Å². The van der Waals surface area contributed by atoms with E-state index in [9.17, 15) is 28.4 Å². The Morgan fingerprint density at radius 2 is 1.73 bits per heavy atom. The number of nitro groups is 1. The largest absolute Gasteiger partial charge is 0.392 e. The van der Waals surface area contributed by atoms with Gasteiger partial charge in [-0.25, -0.2) is 13.1 Å². The van der Waals surface area contributed by atoms with Gasteiger partial charge in [0, 0.05) is 30.6 Å². The molecule has 1 amide bonds. The lowest BCUT2D eigenvalue weighted by atomic mass is 9.92. The first-order chi connectivity index (χ1) is 15.7. The van der Waals surface area contributed by atoms with Crippen LogP contribution in [-0.4, -0.2) is 43.0 Å². The third-order valence-corrected chi connectivity index (χ3v) is 7.26. The van der Waals surface area contributed by atoms with E-state index in [0.29, 0.717) is 6.42 Å². The van der Waals surface area contributed by atoms with E-state index in [0.717, 1.165) is 55.5 Å². The lowest BCUT2D eigenvalue weighted by Crippen LogP contribution is -2.41. The van der Waals surface area contributed by atoms with E-state index in [2.05, 4.69) is 10.0 Å². The van der Waals surface area contributed by atoms with Gasteiger partial charge in [0.05, 0.1) is 15.9 Å². The van der Waals surface area contributed by atoms with Gasteiger partial charge >= 0.3 is 0 Å². The van der Waals surface area contributed by atoms with E-state index >= 15 is 0 Å². The monoisotopic (exact) mass is 475 g/mol. The predicted octanol–water partition coefficient (Wildman–Crippen LogP) is 2.54. The molecule has 0 radical (unpaired) electrons. The van der Waals surface area contributed by atoms with E-state index in [-0.39, 0.29) is 35.5 Å². The zero-order valence-corrected chi connectivity index (χ0v) is 19.0. The molecule has 9 nitrogen and oxygen atoms in total. The average molecular weight is 476 g/mol. The highest BCUT2D eigenvalue weighted by molar-refractivity contribution is 7.89. The van der Waals surface area contributed by atoms with Crippen LogP contribution < -0.4 is 10.0 Å². The van der Waals surface area contributed by atoms with Crippen molar-refractivity contribution in [1.82, 2.24) is 10.0 Å². The number of nitrogens with one attached hydrogen (secondary N) is 2. The fourth-order valence-electron chi connectivity index (χ4n) is 4.02. The van der Waals surface area contributed by atoms with Crippen molar-refractivity contribution in [3.63, 3.8) is 0 Å². The van der Waals surface area contributed by atoms with Crippen molar-refractivity contribution < 1.29 is 23.2 Å². The predicted molar refractivity (Wildman–Crippen MR) is 123 cm³/mol. The van der Waals surface area contributed by atoms with Crippen LogP contribution in [0.25, 0.3) is 0 Å². The number of nitro benzene ring substituents is 1. The number of carbonyl (C=O) groups is 1. The summed E-state index contributed by atoms with van der Waals surface area (Å²) >= 11 is 0. The highest BCUT2D eigenvalue weighted by atomic mass is 32.2.